The molecular weight excluding hydrogens is 206 g/mol. The molecule has 5 nitrogen and oxygen atoms in total. The highest BCUT2D eigenvalue weighted by Crippen LogP contribution is 2.52. The first-order valence-electron chi connectivity index (χ1n) is 4.53. The standard InChI is InChI=1S/C8H9NO4S/c1-3-5-4(2-9)8-7(12-5)6(3)13-14(8,10)11/h3-8H,1H3. The molecule has 0 amide bonds. The topological polar surface area (TPSA) is 76.4 Å². The van der Waals surface area contributed by atoms with Gasteiger partial charge < -0.3 is 4.74 Å². The zero-order valence-corrected chi connectivity index (χ0v) is 8.27. The van der Waals surface area contributed by atoms with Gasteiger partial charge in [0.15, 0.2) is 0 Å². The summed E-state index contributed by atoms with van der Waals surface area (Å²) in [6.07, 6.45) is -1.04. The summed E-state index contributed by atoms with van der Waals surface area (Å²) in [6, 6.07) is 2.02. The van der Waals surface area contributed by atoms with Gasteiger partial charge in [-0.05, 0) is 0 Å². The van der Waals surface area contributed by atoms with Gasteiger partial charge >= 0.3 is 0 Å². The summed E-state index contributed by atoms with van der Waals surface area (Å²) in [6.45, 7) is 1.87. The molecule has 0 saturated carbocycles. The van der Waals surface area contributed by atoms with Gasteiger partial charge in [-0.15, -0.1) is 0 Å². The van der Waals surface area contributed by atoms with E-state index in [1.54, 1.807) is 0 Å². The smallest absolute Gasteiger partial charge is 0.274 e. The molecule has 6 heteroatoms. The van der Waals surface area contributed by atoms with Crippen molar-refractivity contribution in [3.05, 3.63) is 0 Å². The van der Waals surface area contributed by atoms with E-state index in [2.05, 4.69) is 0 Å². The second-order valence-corrected chi connectivity index (χ2v) is 5.82. The zero-order valence-electron chi connectivity index (χ0n) is 7.45. The van der Waals surface area contributed by atoms with E-state index in [-0.39, 0.29) is 18.1 Å². The van der Waals surface area contributed by atoms with E-state index < -0.39 is 27.4 Å². The minimum absolute atomic E-state index is 0.00169. The fraction of sp³-hybridized carbons (Fsp3) is 0.875. The van der Waals surface area contributed by atoms with Crippen molar-refractivity contribution in [2.24, 2.45) is 11.8 Å². The van der Waals surface area contributed by atoms with E-state index in [0.29, 0.717) is 0 Å². The summed E-state index contributed by atoms with van der Waals surface area (Å²) in [5.74, 6) is -0.558. The van der Waals surface area contributed by atoms with Gasteiger partial charge in [0.1, 0.15) is 17.5 Å². The quantitative estimate of drug-likeness (QED) is 0.516. The van der Waals surface area contributed by atoms with Crippen LogP contribution in [0.25, 0.3) is 0 Å². The Morgan fingerprint density at radius 2 is 2.00 bits per heavy atom. The largest absolute Gasteiger partial charge is 0.369 e. The number of rotatable bonds is 0. The van der Waals surface area contributed by atoms with Crippen molar-refractivity contribution >= 4 is 10.1 Å². The Balaban J connectivity index is 2.15. The molecule has 3 saturated heterocycles. The van der Waals surface area contributed by atoms with Crippen molar-refractivity contribution in [3.63, 3.8) is 0 Å². The molecule has 0 N–H and O–H groups in total. The third kappa shape index (κ3) is 0.749. The zero-order chi connectivity index (χ0) is 10.1. The van der Waals surface area contributed by atoms with Gasteiger partial charge in [0, 0.05) is 5.92 Å². The minimum Gasteiger partial charge on any atom is -0.369 e. The Hall–Kier alpha value is -0.640. The first kappa shape index (κ1) is 8.65. The normalized spacial score (nSPS) is 57.4. The summed E-state index contributed by atoms with van der Waals surface area (Å²) in [7, 11) is -3.57. The summed E-state index contributed by atoms with van der Waals surface area (Å²) < 4.78 is 33.5. The van der Waals surface area contributed by atoms with Crippen molar-refractivity contribution in [2.75, 3.05) is 0 Å². The lowest BCUT2D eigenvalue weighted by Gasteiger charge is -2.20. The van der Waals surface area contributed by atoms with Crippen LogP contribution >= 0.6 is 0 Å². The van der Waals surface area contributed by atoms with Crippen molar-refractivity contribution < 1.29 is 17.3 Å². The molecule has 3 rings (SSSR count). The lowest BCUT2D eigenvalue weighted by atomic mass is 9.81. The molecule has 0 aromatic rings. The molecule has 0 aromatic carbocycles. The molecule has 0 radical (unpaired) electrons. The van der Waals surface area contributed by atoms with Crippen LogP contribution in [0.2, 0.25) is 0 Å². The van der Waals surface area contributed by atoms with E-state index >= 15 is 0 Å². The SMILES string of the molecule is CC1C2OC3C1OS(=O)(=O)C3C2C#N. The molecule has 6 atom stereocenters. The van der Waals surface area contributed by atoms with Crippen molar-refractivity contribution in [1.82, 2.24) is 0 Å². The monoisotopic (exact) mass is 215 g/mol. The molecule has 0 spiro atoms. The van der Waals surface area contributed by atoms with Crippen molar-refractivity contribution in [3.8, 4) is 6.07 Å². The van der Waals surface area contributed by atoms with Gasteiger partial charge in [0.05, 0.1) is 18.1 Å². The van der Waals surface area contributed by atoms with E-state index in [1.165, 1.54) is 0 Å². The summed E-state index contributed by atoms with van der Waals surface area (Å²) in [4.78, 5) is 0. The van der Waals surface area contributed by atoms with Gasteiger partial charge in [-0.1, -0.05) is 6.92 Å². The Morgan fingerprint density at radius 1 is 1.29 bits per heavy atom. The Morgan fingerprint density at radius 3 is 2.64 bits per heavy atom. The van der Waals surface area contributed by atoms with E-state index in [0.717, 1.165) is 0 Å². The number of fused-ring (bicyclic) bond motifs is 1. The van der Waals surface area contributed by atoms with Crippen molar-refractivity contribution in [2.45, 2.75) is 30.5 Å². The van der Waals surface area contributed by atoms with Crippen LogP contribution in [-0.2, 0) is 19.0 Å². The first-order valence-corrected chi connectivity index (χ1v) is 6.00. The van der Waals surface area contributed by atoms with E-state index in [9.17, 15) is 8.42 Å². The van der Waals surface area contributed by atoms with Gasteiger partial charge in [-0.25, -0.2) is 0 Å². The average molecular weight is 215 g/mol. The third-order valence-electron chi connectivity index (χ3n) is 3.43. The molecule has 76 valence electrons. The molecule has 3 aliphatic rings. The van der Waals surface area contributed by atoms with E-state index in [1.807, 2.05) is 13.0 Å². The van der Waals surface area contributed by atoms with Crippen LogP contribution in [-0.4, -0.2) is 32.0 Å². The summed E-state index contributed by atoms with van der Waals surface area (Å²) >= 11 is 0. The van der Waals surface area contributed by atoms with Crippen LogP contribution in [0.3, 0.4) is 0 Å². The van der Waals surface area contributed by atoms with Gasteiger partial charge in [0.2, 0.25) is 0 Å². The molecule has 3 aliphatic heterocycles. The molecule has 2 bridgehead atoms. The number of ether oxygens (including phenoxy) is 1. The van der Waals surface area contributed by atoms with Gasteiger partial charge in [-0.2, -0.15) is 13.7 Å². The van der Waals surface area contributed by atoms with Crippen LogP contribution in [0.4, 0.5) is 0 Å². The summed E-state index contributed by atoms with van der Waals surface area (Å²) in [5, 5.41) is 8.16. The van der Waals surface area contributed by atoms with Crippen molar-refractivity contribution in [1.29, 1.82) is 5.26 Å². The Bertz CT molecular complexity index is 425. The molecule has 3 heterocycles. The fourth-order valence-electron chi connectivity index (χ4n) is 2.79. The molecule has 3 fully saturated rings. The van der Waals surface area contributed by atoms with Gasteiger partial charge in [0.25, 0.3) is 10.1 Å². The molecule has 0 aliphatic carbocycles. The van der Waals surface area contributed by atoms with Gasteiger partial charge in [-0.3, -0.25) is 4.18 Å². The molecule has 0 aromatic heterocycles. The maximum atomic E-state index is 11.5. The fourth-order valence-corrected chi connectivity index (χ4v) is 4.63. The van der Waals surface area contributed by atoms with Crippen LogP contribution in [0, 0.1) is 23.2 Å². The number of hydrogen-bond acceptors (Lipinski definition) is 5. The van der Waals surface area contributed by atoms with Crippen LogP contribution in [0.15, 0.2) is 0 Å². The Labute approximate surface area is 81.7 Å². The molecular formula is C8H9NO4S. The third-order valence-corrected chi connectivity index (χ3v) is 5.15. The maximum Gasteiger partial charge on any atom is 0.274 e. The molecule has 14 heavy (non-hydrogen) atoms. The van der Waals surface area contributed by atoms with Crippen LogP contribution in [0.5, 0.6) is 0 Å². The number of nitriles is 1. The lowest BCUT2D eigenvalue weighted by Crippen LogP contribution is -2.39. The second-order valence-electron chi connectivity index (χ2n) is 4.10. The van der Waals surface area contributed by atoms with E-state index in [4.69, 9.17) is 14.2 Å². The average Bonchev–Trinajstić information content (AvgIpc) is 2.67. The highest BCUT2D eigenvalue weighted by atomic mass is 32.2. The van der Waals surface area contributed by atoms with Crippen LogP contribution < -0.4 is 0 Å². The predicted octanol–water partition coefficient (Wildman–Crippen LogP) is -0.360. The maximum absolute atomic E-state index is 11.5. The first-order chi connectivity index (χ1) is 6.56. The highest BCUT2D eigenvalue weighted by Gasteiger charge is 2.69. The predicted molar refractivity (Wildman–Crippen MR) is 44.5 cm³/mol. The number of nitrogens with zero attached hydrogens (tertiary/aromatic N) is 1. The Kier molecular flexibility index (Phi) is 1.42. The highest BCUT2D eigenvalue weighted by molar-refractivity contribution is 7.87. The minimum atomic E-state index is -3.57. The second kappa shape index (κ2) is 2.30. The number of hydrogen-bond donors (Lipinski definition) is 0. The summed E-state index contributed by atoms with van der Waals surface area (Å²) in [5.41, 5.74) is 0. The molecule has 6 unspecified atom stereocenters. The lowest BCUT2D eigenvalue weighted by molar-refractivity contribution is 0.0784. The van der Waals surface area contributed by atoms with Crippen LogP contribution in [0.1, 0.15) is 6.92 Å².